The van der Waals surface area contributed by atoms with E-state index in [9.17, 15) is 8.42 Å². The van der Waals surface area contributed by atoms with E-state index >= 15 is 0 Å². The van der Waals surface area contributed by atoms with Gasteiger partial charge in [0, 0.05) is 19.0 Å². The zero-order chi connectivity index (χ0) is 16.4. The SMILES string of the molecule is Cc1ccc(S(=O)(=O)NCCc2c[n+]3ccccc3[nH]2)c(C)c1. The Labute approximate surface area is 136 Å². The number of sulfonamides is 1. The predicted octanol–water partition coefficient (Wildman–Crippen LogP) is 1.89. The second kappa shape index (κ2) is 6.14. The van der Waals surface area contributed by atoms with Crippen molar-refractivity contribution in [2.75, 3.05) is 6.54 Å². The highest BCUT2D eigenvalue weighted by atomic mass is 32.2. The number of pyridine rings is 1. The maximum atomic E-state index is 12.4. The molecule has 0 saturated carbocycles. The number of aromatic amines is 1. The van der Waals surface area contributed by atoms with Gasteiger partial charge < -0.3 is 0 Å². The van der Waals surface area contributed by atoms with Crippen molar-refractivity contribution >= 4 is 15.7 Å². The van der Waals surface area contributed by atoms with Gasteiger partial charge in [-0.05, 0) is 31.5 Å². The average Bonchev–Trinajstić information content (AvgIpc) is 2.89. The summed E-state index contributed by atoms with van der Waals surface area (Å²) >= 11 is 0. The lowest BCUT2D eigenvalue weighted by atomic mass is 10.2. The number of H-pyrrole nitrogens is 1. The summed E-state index contributed by atoms with van der Waals surface area (Å²) in [5, 5.41) is 0. The lowest BCUT2D eigenvalue weighted by Crippen LogP contribution is -2.26. The Kier molecular flexibility index (Phi) is 4.19. The van der Waals surface area contributed by atoms with E-state index in [1.54, 1.807) is 6.07 Å². The summed E-state index contributed by atoms with van der Waals surface area (Å²) in [5.74, 6) is 0. The van der Waals surface area contributed by atoms with Crippen LogP contribution in [0.1, 0.15) is 16.8 Å². The lowest BCUT2D eigenvalue weighted by Gasteiger charge is -2.09. The van der Waals surface area contributed by atoms with Crippen molar-refractivity contribution in [3.63, 3.8) is 0 Å². The highest BCUT2D eigenvalue weighted by molar-refractivity contribution is 7.89. The van der Waals surface area contributed by atoms with Crippen LogP contribution in [-0.4, -0.2) is 19.9 Å². The zero-order valence-corrected chi connectivity index (χ0v) is 14.0. The summed E-state index contributed by atoms with van der Waals surface area (Å²) < 4.78 is 29.5. The fourth-order valence-corrected chi connectivity index (χ4v) is 3.92. The van der Waals surface area contributed by atoms with Crippen LogP contribution in [0.15, 0.2) is 53.7 Å². The van der Waals surface area contributed by atoms with E-state index < -0.39 is 10.0 Å². The Bertz CT molecular complexity index is 912. The van der Waals surface area contributed by atoms with Gasteiger partial charge in [-0.3, -0.25) is 0 Å². The van der Waals surface area contributed by atoms with Crippen LogP contribution in [0.2, 0.25) is 0 Å². The molecule has 0 amide bonds. The van der Waals surface area contributed by atoms with Gasteiger partial charge in [-0.1, -0.05) is 23.8 Å². The maximum absolute atomic E-state index is 12.4. The second-order valence-electron chi connectivity index (χ2n) is 5.69. The van der Waals surface area contributed by atoms with Crippen LogP contribution >= 0.6 is 0 Å². The molecule has 6 heteroatoms. The van der Waals surface area contributed by atoms with Crippen LogP contribution in [0.3, 0.4) is 0 Å². The molecule has 23 heavy (non-hydrogen) atoms. The standard InChI is InChI=1S/C17H19N3O2S/c1-13-6-7-16(14(2)11-13)23(21,22)18-9-8-15-12-20-10-4-3-5-17(20)19-15/h3-7,10-12,18H,8-9H2,1-2H3/p+1. The van der Waals surface area contributed by atoms with E-state index in [1.807, 2.05) is 61.0 Å². The molecule has 0 aliphatic rings. The van der Waals surface area contributed by atoms with Gasteiger partial charge >= 0.3 is 0 Å². The fraction of sp³-hybridized carbons (Fsp3) is 0.235. The summed E-state index contributed by atoms with van der Waals surface area (Å²) in [7, 11) is -3.48. The molecule has 2 N–H and O–H groups in total. The van der Waals surface area contributed by atoms with Gasteiger partial charge in [0.25, 0.3) is 5.65 Å². The number of nitrogens with one attached hydrogen (secondary N) is 2. The molecule has 3 rings (SSSR count). The number of aromatic nitrogens is 2. The molecule has 0 radical (unpaired) electrons. The molecule has 0 saturated heterocycles. The third-order valence-electron chi connectivity index (χ3n) is 3.78. The number of aryl methyl sites for hydroxylation is 2. The molecule has 0 aliphatic carbocycles. The molecule has 0 atom stereocenters. The first-order valence-corrected chi connectivity index (χ1v) is 8.99. The van der Waals surface area contributed by atoms with E-state index in [0.717, 1.165) is 22.5 Å². The van der Waals surface area contributed by atoms with Crippen molar-refractivity contribution in [2.45, 2.75) is 25.2 Å². The number of hydrogen-bond donors (Lipinski definition) is 2. The monoisotopic (exact) mass is 330 g/mol. The first-order chi connectivity index (χ1) is 11.0. The number of nitrogens with zero attached hydrogens (tertiary/aromatic N) is 1. The van der Waals surface area contributed by atoms with Gasteiger partial charge in [-0.2, -0.15) is 0 Å². The van der Waals surface area contributed by atoms with Gasteiger partial charge in [0.15, 0.2) is 0 Å². The summed E-state index contributed by atoms with van der Waals surface area (Å²) in [6, 6.07) is 11.2. The minimum atomic E-state index is -3.48. The molecule has 0 unspecified atom stereocenters. The van der Waals surface area contributed by atoms with E-state index in [2.05, 4.69) is 9.71 Å². The first-order valence-electron chi connectivity index (χ1n) is 7.50. The molecule has 2 aromatic heterocycles. The van der Waals surface area contributed by atoms with Crippen molar-refractivity contribution in [1.29, 1.82) is 0 Å². The minimum Gasteiger partial charge on any atom is -0.241 e. The van der Waals surface area contributed by atoms with E-state index in [4.69, 9.17) is 0 Å². The number of imidazole rings is 1. The topological polar surface area (TPSA) is 66.1 Å². The average molecular weight is 330 g/mol. The molecule has 0 fully saturated rings. The van der Waals surface area contributed by atoms with Crippen molar-refractivity contribution in [2.24, 2.45) is 0 Å². The van der Waals surface area contributed by atoms with Crippen LogP contribution in [0, 0.1) is 13.8 Å². The van der Waals surface area contributed by atoms with Crippen LogP contribution in [0.25, 0.3) is 5.65 Å². The lowest BCUT2D eigenvalue weighted by molar-refractivity contribution is -0.510. The smallest absolute Gasteiger partial charge is 0.241 e. The number of hydrogen-bond acceptors (Lipinski definition) is 2. The van der Waals surface area contributed by atoms with Gasteiger partial charge in [0.1, 0.15) is 11.9 Å². The molecule has 120 valence electrons. The van der Waals surface area contributed by atoms with Gasteiger partial charge in [0.05, 0.1) is 11.1 Å². The Morgan fingerprint density at radius 2 is 2.00 bits per heavy atom. The maximum Gasteiger partial charge on any atom is 0.284 e. The van der Waals surface area contributed by atoms with Gasteiger partial charge in [-0.15, -0.1) is 0 Å². The van der Waals surface area contributed by atoms with Crippen LogP contribution < -0.4 is 9.12 Å². The molecule has 0 spiro atoms. The summed E-state index contributed by atoms with van der Waals surface area (Å²) in [5.41, 5.74) is 3.79. The normalized spacial score (nSPS) is 11.9. The first kappa shape index (κ1) is 15.7. The Morgan fingerprint density at radius 1 is 1.17 bits per heavy atom. The van der Waals surface area contributed by atoms with E-state index in [1.165, 1.54) is 0 Å². The number of benzene rings is 1. The molecule has 3 aromatic rings. The number of fused-ring (bicyclic) bond motifs is 1. The molecular formula is C17H20N3O2S+. The van der Waals surface area contributed by atoms with Gasteiger partial charge in [-0.25, -0.2) is 22.5 Å². The molecule has 1 aromatic carbocycles. The molecule has 0 aliphatic heterocycles. The minimum absolute atomic E-state index is 0.342. The van der Waals surface area contributed by atoms with Crippen molar-refractivity contribution < 1.29 is 12.8 Å². The largest absolute Gasteiger partial charge is 0.284 e. The fourth-order valence-electron chi connectivity index (χ4n) is 2.66. The summed E-state index contributed by atoms with van der Waals surface area (Å²) in [6.07, 6.45) is 4.53. The third kappa shape index (κ3) is 3.43. The van der Waals surface area contributed by atoms with Gasteiger partial charge in [0.2, 0.25) is 10.0 Å². The van der Waals surface area contributed by atoms with E-state index in [-0.39, 0.29) is 0 Å². The Morgan fingerprint density at radius 3 is 2.74 bits per heavy atom. The van der Waals surface area contributed by atoms with Crippen molar-refractivity contribution in [3.8, 4) is 0 Å². The summed E-state index contributed by atoms with van der Waals surface area (Å²) in [6.45, 7) is 4.11. The summed E-state index contributed by atoms with van der Waals surface area (Å²) in [4.78, 5) is 3.61. The molecular weight excluding hydrogens is 310 g/mol. The Balaban J connectivity index is 1.69. The quantitative estimate of drug-likeness (QED) is 0.702. The molecule has 0 bridgehead atoms. The van der Waals surface area contributed by atoms with Crippen LogP contribution in [-0.2, 0) is 16.4 Å². The van der Waals surface area contributed by atoms with Crippen LogP contribution in [0.5, 0.6) is 0 Å². The predicted molar refractivity (Wildman–Crippen MR) is 88.8 cm³/mol. The number of rotatable bonds is 5. The molecule has 2 heterocycles. The van der Waals surface area contributed by atoms with Crippen molar-refractivity contribution in [1.82, 2.24) is 9.71 Å². The van der Waals surface area contributed by atoms with Crippen molar-refractivity contribution in [3.05, 3.63) is 65.6 Å². The van der Waals surface area contributed by atoms with E-state index in [0.29, 0.717) is 17.9 Å². The van der Waals surface area contributed by atoms with Crippen LogP contribution in [0.4, 0.5) is 0 Å². The highest BCUT2D eigenvalue weighted by Gasteiger charge is 2.17. The molecule has 5 nitrogen and oxygen atoms in total. The Hall–Kier alpha value is -2.18. The highest BCUT2D eigenvalue weighted by Crippen LogP contribution is 2.16. The third-order valence-corrected chi connectivity index (χ3v) is 5.40. The second-order valence-corrected chi connectivity index (χ2v) is 7.42. The zero-order valence-electron chi connectivity index (χ0n) is 13.2.